The monoisotopic (exact) mass is 372 g/mol. The van der Waals surface area contributed by atoms with E-state index < -0.39 is 10.0 Å². The molecule has 0 unspecified atom stereocenters. The normalized spacial score (nSPS) is 16.3. The zero-order valence-corrected chi connectivity index (χ0v) is 15.7. The van der Waals surface area contributed by atoms with Crippen molar-refractivity contribution in [2.75, 3.05) is 40.7 Å². The molecule has 9 heteroatoms. The number of hydrogen-bond donors (Lipinski definition) is 1. The second kappa shape index (κ2) is 7.92. The van der Waals surface area contributed by atoms with Gasteiger partial charge in [-0.05, 0) is 25.0 Å². The van der Waals surface area contributed by atoms with Gasteiger partial charge in [0.25, 0.3) is 5.91 Å². The van der Waals surface area contributed by atoms with Gasteiger partial charge < -0.3 is 19.5 Å². The molecule has 1 aliphatic heterocycles. The smallest absolute Gasteiger partial charge is 0.251 e. The fourth-order valence-corrected chi connectivity index (χ4v) is 3.69. The third kappa shape index (κ3) is 4.55. The Morgan fingerprint density at radius 3 is 2.00 bits per heavy atom. The Bertz CT molecular complexity index is 701. The van der Waals surface area contributed by atoms with Crippen LogP contribution in [-0.4, -0.2) is 65.3 Å². The first-order valence-corrected chi connectivity index (χ1v) is 9.71. The number of amides is 1. The lowest BCUT2D eigenvalue weighted by Gasteiger charge is -2.30. The predicted molar refractivity (Wildman–Crippen MR) is 93.0 cm³/mol. The second-order valence-electron chi connectivity index (χ2n) is 5.82. The van der Waals surface area contributed by atoms with Gasteiger partial charge in [-0.25, -0.2) is 12.7 Å². The van der Waals surface area contributed by atoms with Gasteiger partial charge in [0.05, 0.1) is 27.6 Å². The molecular weight excluding hydrogens is 348 g/mol. The van der Waals surface area contributed by atoms with Crippen molar-refractivity contribution >= 4 is 15.9 Å². The predicted octanol–water partition coefficient (Wildman–Crippen LogP) is 0.866. The van der Waals surface area contributed by atoms with Crippen LogP contribution in [0.1, 0.15) is 23.2 Å². The summed E-state index contributed by atoms with van der Waals surface area (Å²) in [5.74, 6) is 0.956. The summed E-state index contributed by atoms with van der Waals surface area (Å²) in [6.45, 7) is 0.804. The molecule has 0 aromatic heterocycles. The lowest BCUT2D eigenvalue weighted by molar-refractivity contribution is 0.0923. The number of methoxy groups -OCH3 is 3. The number of carbonyl (C=O) groups excluding carboxylic acids is 1. The molecule has 1 amide bonds. The molecule has 1 saturated heterocycles. The van der Waals surface area contributed by atoms with Crippen molar-refractivity contribution in [3.63, 3.8) is 0 Å². The maximum absolute atomic E-state index is 12.5. The van der Waals surface area contributed by atoms with Crippen molar-refractivity contribution in [1.82, 2.24) is 9.62 Å². The summed E-state index contributed by atoms with van der Waals surface area (Å²) in [5, 5.41) is 2.93. The number of carbonyl (C=O) groups is 1. The Labute approximate surface area is 148 Å². The molecule has 8 nitrogen and oxygen atoms in total. The third-order valence-electron chi connectivity index (χ3n) is 4.19. The molecule has 1 aromatic carbocycles. The van der Waals surface area contributed by atoms with Crippen LogP contribution in [0.5, 0.6) is 17.2 Å². The Kier molecular flexibility index (Phi) is 6.12. The van der Waals surface area contributed by atoms with Crippen molar-refractivity contribution in [2.45, 2.75) is 18.9 Å². The van der Waals surface area contributed by atoms with E-state index >= 15 is 0 Å². The van der Waals surface area contributed by atoms with Gasteiger partial charge in [0, 0.05) is 24.7 Å². The summed E-state index contributed by atoms with van der Waals surface area (Å²) in [7, 11) is 1.29. The van der Waals surface area contributed by atoms with Crippen LogP contribution in [0.15, 0.2) is 12.1 Å². The highest BCUT2D eigenvalue weighted by Gasteiger charge is 2.26. The summed E-state index contributed by atoms with van der Waals surface area (Å²) in [5.41, 5.74) is 0.389. The SMILES string of the molecule is COc1cc(C(=O)NC2CCN(S(C)(=O)=O)CC2)cc(OC)c1OC. The average molecular weight is 372 g/mol. The fourth-order valence-electron chi connectivity index (χ4n) is 2.81. The minimum Gasteiger partial charge on any atom is -0.493 e. The van der Waals surface area contributed by atoms with Crippen LogP contribution in [0.2, 0.25) is 0 Å². The van der Waals surface area contributed by atoms with E-state index in [9.17, 15) is 13.2 Å². The van der Waals surface area contributed by atoms with Gasteiger partial charge in [0.2, 0.25) is 15.8 Å². The van der Waals surface area contributed by atoms with Crippen LogP contribution >= 0.6 is 0 Å². The number of rotatable bonds is 6. The number of benzene rings is 1. The van der Waals surface area contributed by atoms with E-state index in [0.717, 1.165) is 0 Å². The highest BCUT2D eigenvalue weighted by Crippen LogP contribution is 2.38. The van der Waals surface area contributed by atoms with E-state index in [2.05, 4.69) is 5.32 Å². The zero-order chi connectivity index (χ0) is 18.6. The first-order chi connectivity index (χ1) is 11.8. The third-order valence-corrected chi connectivity index (χ3v) is 5.49. The van der Waals surface area contributed by atoms with Crippen molar-refractivity contribution in [3.05, 3.63) is 17.7 Å². The molecule has 1 aliphatic rings. The summed E-state index contributed by atoms with van der Waals surface area (Å²) < 4.78 is 40.2. The van der Waals surface area contributed by atoms with E-state index in [4.69, 9.17) is 14.2 Å². The first-order valence-electron chi connectivity index (χ1n) is 7.86. The first kappa shape index (κ1) is 19.3. The van der Waals surface area contributed by atoms with Crippen LogP contribution in [0.25, 0.3) is 0 Å². The largest absolute Gasteiger partial charge is 0.493 e. The number of hydrogen-bond acceptors (Lipinski definition) is 6. The van der Waals surface area contributed by atoms with E-state index in [1.54, 1.807) is 12.1 Å². The number of piperidine rings is 1. The number of nitrogens with zero attached hydrogens (tertiary/aromatic N) is 1. The molecule has 0 atom stereocenters. The summed E-state index contributed by atoms with van der Waals surface area (Å²) in [4.78, 5) is 12.5. The molecule has 1 fully saturated rings. The molecule has 1 heterocycles. The molecule has 0 spiro atoms. The number of nitrogens with one attached hydrogen (secondary N) is 1. The van der Waals surface area contributed by atoms with Gasteiger partial charge >= 0.3 is 0 Å². The molecule has 0 saturated carbocycles. The Morgan fingerprint density at radius 2 is 1.60 bits per heavy atom. The summed E-state index contributed by atoms with van der Waals surface area (Å²) >= 11 is 0. The highest BCUT2D eigenvalue weighted by atomic mass is 32.2. The molecular formula is C16H24N2O6S. The van der Waals surface area contributed by atoms with Gasteiger partial charge in [-0.3, -0.25) is 4.79 Å². The van der Waals surface area contributed by atoms with Crippen LogP contribution in [0, 0.1) is 0 Å². The topological polar surface area (TPSA) is 94.2 Å². The minimum absolute atomic E-state index is 0.0791. The molecule has 0 radical (unpaired) electrons. The number of sulfonamides is 1. The minimum atomic E-state index is -3.18. The van der Waals surface area contributed by atoms with Crippen LogP contribution in [-0.2, 0) is 10.0 Å². The maximum atomic E-state index is 12.5. The van der Waals surface area contributed by atoms with Gasteiger partial charge in [-0.2, -0.15) is 0 Å². The highest BCUT2D eigenvalue weighted by molar-refractivity contribution is 7.88. The fraction of sp³-hybridized carbons (Fsp3) is 0.562. The Morgan fingerprint density at radius 1 is 1.08 bits per heavy atom. The number of ether oxygens (including phenoxy) is 3. The Hall–Kier alpha value is -2.00. The van der Waals surface area contributed by atoms with Crippen LogP contribution in [0.3, 0.4) is 0 Å². The van der Waals surface area contributed by atoms with Crippen LogP contribution < -0.4 is 19.5 Å². The van der Waals surface area contributed by atoms with E-state index in [0.29, 0.717) is 48.7 Å². The maximum Gasteiger partial charge on any atom is 0.251 e. The molecule has 2 rings (SSSR count). The van der Waals surface area contributed by atoms with E-state index in [-0.39, 0.29) is 11.9 Å². The summed E-state index contributed by atoms with van der Waals surface area (Å²) in [6, 6.07) is 3.09. The average Bonchev–Trinajstić information content (AvgIpc) is 2.59. The second-order valence-corrected chi connectivity index (χ2v) is 7.81. The van der Waals surface area contributed by atoms with Crippen molar-refractivity contribution in [1.29, 1.82) is 0 Å². The molecule has 1 aromatic rings. The van der Waals surface area contributed by atoms with Crippen molar-refractivity contribution in [3.8, 4) is 17.2 Å². The van der Waals surface area contributed by atoms with E-state index in [1.807, 2.05) is 0 Å². The van der Waals surface area contributed by atoms with Gasteiger partial charge in [-0.1, -0.05) is 0 Å². The van der Waals surface area contributed by atoms with Gasteiger partial charge in [0.15, 0.2) is 11.5 Å². The van der Waals surface area contributed by atoms with E-state index in [1.165, 1.54) is 31.9 Å². The molecule has 140 valence electrons. The Balaban J connectivity index is 2.09. The van der Waals surface area contributed by atoms with Gasteiger partial charge in [-0.15, -0.1) is 0 Å². The van der Waals surface area contributed by atoms with Crippen LogP contribution in [0.4, 0.5) is 0 Å². The lowest BCUT2D eigenvalue weighted by Crippen LogP contribution is -2.46. The van der Waals surface area contributed by atoms with Crippen molar-refractivity contribution < 1.29 is 27.4 Å². The lowest BCUT2D eigenvalue weighted by atomic mass is 10.1. The molecule has 0 aliphatic carbocycles. The van der Waals surface area contributed by atoms with Gasteiger partial charge in [0.1, 0.15) is 0 Å². The molecule has 0 bridgehead atoms. The standard InChI is InChI=1S/C16H24N2O6S/c1-22-13-9-11(10-14(23-2)15(13)24-3)16(19)17-12-5-7-18(8-6-12)25(4,20)21/h9-10,12H,5-8H2,1-4H3,(H,17,19). The van der Waals surface area contributed by atoms with Crippen molar-refractivity contribution in [2.24, 2.45) is 0 Å². The quantitative estimate of drug-likeness (QED) is 0.796. The zero-order valence-electron chi connectivity index (χ0n) is 14.9. The molecule has 1 N–H and O–H groups in total. The molecule has 25 heavy (non-hydrogen) atoms. The summed E-state index contributed by atoms with van der Waals surface area (Å²) in [6.07, 6.45) is 2.34.